The van der Waals surface area contributed by atoms with Crippen LogP contribution in [0.25, 0.3) is 16.9 Å². The normalized spacial score (nSPS) is 20.7. The van der Waals surface area contributed by atoms with Crippen LogP contribution in [-0.2, 0) is 27.2 Å². The molecule has 0 saturated heterocycles. The highest BCUT2D eigenvalue weighted by molar-refractivity contribution is 6.04. The van der Waals surface area contributed by atoms with Gasteiger partial charge in [0.1, 0.15) is 18.1 Å². The number of hydrogen-bond donors (Lipinski definition) is 2. The number of aromatic nitrogens is 4. The number of hydroxylamine groups is 1. The number of aliphatic imine (C=N–C) groups is 1. The van der Waals surface area contributed by atoms with Crippen LogP contribution in [0.2, 0.25) is 0 Å². The quantitative estimate of drug-likeness (QED) is 0.177. The van der Waals surface area contributed by atoms with Gasteiger partial charge in [-0.15, -0.1) is 0 Å². The lowest BCUT2D eigenvalue weighted by Gasteiger charge is -2.32. The standard InChI is InChI=1S/C37H47FN6O5/c1-5-9-32-31(21-25-12-14-26(15-13-25)29-10-7-8-11-30(29)33-40-36(49-42-33)47-20-6-2)34(45)43(35-39-24(3)41-44(32)35)27-16-18-28(19-17-27)48-23-37(4,46)22-38/h7-8,10-15,27-28,36,46H,5-6,9,16-23H2,1-4H3,(H,40,42). The minimum Gasteiger partial charge on any atom is -0.385 e. The molecular formula is C37H47FN6O5. The summed E-state index contributed by atoms with van der Waals surface area (Å²) >= 11 is 0. The van der Waals surface area contributed by atoms with Crippen molar-refractivity contribution < 1.29 is 23.8 Å². The fourth-order valence-corrected chi connectivity index (χ4v) is 6.66. The predicted octanol–water partition coefficient (Wildman–Crippen LogP) is 5.62. The van der Waals surface area contributed by atoms with Crippen molar-refractivity contribution in [2.75, 3.05) is 19.9 Å². The highest BCUT2D eigenvalue weighted by Crippen LogP contribution is 2.32. The Balaban J connectivity index is 1.27. The van der Waals surface area contributed by atoms with E-state index in [1.54, 1.807) is 0 Å². The molecule has 2 N–H and O–H groups in total. The third-order valence-corrected chi connectivity index (χ3v) is 9.19. The van der Waals surface area contributed by atoms with Crippen LogP contribution in [0.3, 0.4) is 0 Å². The summed E-state index contributed by atoms with van der Waals surface area (Å²) in [6.45, 7) is 7.08. The van der Waals surface area contributed by atoms with E-state index in [4.69, 9.17) is 24.4 Å². The molecule has 3 heterocycles. The number of halogens is 1. The molecule has 262 valence electrons. The molecular weight excluding hydrogens is 627 g/mol. The summed E-state index contributed by atoms with van der Waals surface area (Å²) < 4.78 is 28.3. The third-order valence-electron chi connectivity index (χ3n) is 9.19. The summed E-state index contributed by atoms with van der Waals surface area (Å²) in [5, 5.41) is 14.8. The molecule has 0 bridgehead atoms. The average molecular weight is 675 g/mol. The van der Waals surface area contributed by atoms with E-state index in [1.807, 2.05) is 41.1 Å². The average Bonchev–Trinajstić information content (AvgIpc) is 3.75. The number of nitrogens with one attached hydrogen (secondary N) is 1. The predicted molar refractivity (Wildman–Crippen MR) is 185 cm³/mol. The number of amidine groups is 1. The van der Waals surface area contributed by atoms with E-state index in [0.717, 1.165) is 46.4 Å². The van der Waals surface area contributed by atoms with Crippen molar-refractivity contribution in [1.29, 1.82) is 0 Å². The van der Waals surface area contributed by atoms with Gasteiger partial charge in [-0.1, -0.05) is 68.8 Å². The number of hydrogen-bond acceptors (Lipinski definition) is 9. The first-order valence-electron chi connectivity index (χ1n) is 17.4. The number of aliphatic hydroxyl groups is 1. The van der Waals surface area contributed by atoms with E-state index < -0.39 is 18.7 Å². The van der Waals surface area contributed by atoms with Gasteiger partial charge in [0.2, 0.25) is 5.78 Å². The smallest absolute Gasteiger partial charge is 0.282 e. The number of ether oxygens (including phenoxy) is 2. The van der Waals surface area contributed by atoms with Crippen molar-refractivity contribution in [3.05, 3.63) is 87.1 Å². The SMILES string of the molecule is CCCOC1N=C(c2ccccc2-c2ccc(Cc3c(CCC)n4nc(C)nc4n(C4CCC(OCC(C)(O)CF)CC4)c3=O)cc2)NO1. The Kier molecular flexibility index (Phi) is 10.9. The first-order valence-corrected chi connectivity index (χ1v) is 17.4. The molecule has 2 aliphatic rings. The summed E-state index contributed by atoms with van der Waals surface area (Å²) in [5.41, 5.74) is 6.96. The maximum absolute atomic E-state index is 14.5. The highest BCUT2D eigenvalue weighted by atomic mass is 19.1. The first-order chi connectivity index (χ1) is 23.7. The zero-order chi connectivity index (χ0) is 34.5. The first kappa shape index (κ1) is 34.9. The molecule has 0 radical (unpaired) electrons. The number of aryl methyl sites for hydroxylation is 2. The Labute approximate surface area is 286 Å². The van der Waals surface area contributed by atoms with Crippen LogP contribution in [0.5, 0.6) is 0 Å². The van der Waals surface area contributed by atoms with E-state index in [0.29, 0.717) is 62.6 Å². The zero-order valence-corrected chi connectivity index (χ0v) is 28.8. The third kappa shape index (κ3) is 7.77. The van der Waals surface area contributed by atoms with Gasteiger partial charge >= 0.3 is 0 Å². The van der Waals surface area contributed by atoms with Gasteiger partial charge in [0.25, 0.3) is 12.0 Å². The Bertz CT molecular complexity index is 1830. The van der Waals surface area contributed by atoms with Crippen LogP contribution >= 0.6 is 0 Å². The Morgan fingerprint density at radius 3 is 2.47 bits per heavy atom. The minimum atomic E-state index is -1.49. The van der Waals surface area contributed by atoms with Gasteiger partial charge < -0.3 is 14.6 Å². The summed E-state index contributed by atoms with van der Waals surface area (Å²) in [6.07, 6.45) is 4.95. The zero-order valence-electron chi connectivity index (χ0n) is 28.8. The summed E-state index contributed by atoms with van der Waals surface area (Å²) in [5.74, 6) is 1.81. The summed E-state index contributed by atoms with van der Waals surface area (Å²) in [4.78, 5) is 29.3. The molecule has 1 fully saturated rings. The van der Waals surface area contributed by atoms with E-state index in [2.05, 4.69) is 47.7 Å². The molecule has 11 nitrogen and oxygen atoms in total. The van der Waals surface area contributed by atoms with Crippen LogP contribution in [0.15, 0.2) is 58.3 Å². The molecule has 12 heteroatoms. The molecule has 2 aromatic heterocycles. The van der Waals surface area contributed by atoms with E-state index in [1.165, 1.54) is 6.92 Å². The second-order valence-corrected chi connectivity index (χ2v) is 13.4. The Morgan fingerprint density at radius 1 is 1.04 bits per heavy atom. The molecule has 1 aliphatic carbocycles. The van der Waals surface area contributed by atoms with E-state index in [9.17, 15) is 14.3 Å². The van der Waals surface area contributed by atoms with Gasteiger partial charge in [0.15, 0.2) is 5.84 Å². The van der Waals surface area contributed by atoms with Gasteiger partial charge in [0.05, 0.1) is 25.0 Å². The number of rotatable bonds is 14. The van der Waals surface area contributed by atoms with Gasteiger partial charge in [0, 0.05) is 23.6 Å². The van der Waals surface area contributed by atoms with Crippen LogP contribution < -0.4 is 11.0 Å². The fraction of sp³-hybridized carbons (Fsp3) is 0.514. The van der Waals surface area contributed by atoms with Crippen molar-refractivity contribution in [2.24, 2.45) is 4.99 Å². The largest absolute Gasteiger partial charge is 0.385 e. The van der Waals surface area contributed by atoms with Gasteiger partial charge in [-0.25, -0.2) is 24.2 Å². The molecule has 49 heavy (non-hydrogen) atoms. The maximum Gasteiger partial charge on any atom is 0.282 e. The van der Waals surface area contributed by atoms with Crippen LogP contribution in [-0.4, -0.2) is 68.1 Å². The van der Waals surface area contributed by atoms with Crippen LogP contribution in [0, 0.1) is 6.92 Å². The lowest BCUT2D eigenvalue weighted by Crippen LogP contribution is -2.38. The second-order valence-electron chi connectivity index (χ2n) is 13.4. The van der Waals surface area contributed by atoms with E-state index in [-0.39, 0.29) is 24.3 Å². The number of fused-ring (bicyclic) bond motifs is 1. The molecule has 1 aliphatic heterocycles. The van der Waals surface area contributed by atoms with Crippen molar-refractivity contribution in [1.82, 2.24) is 24.6 Å². The summed E-state index contributed by atoms with van der Waals surface area (Å²) in [7, 11) is 0. The van der Waals surface area contributed by atoms with Gasteiger partial charge in [-0.05, 0) is 69.1 Å². The van der Waals surface area contributed by atoms with Crippen LogP contribution in [0.1, 0.15) is 93.5 Å². The Morgan fingerprint density at radius 2 is 1.78 bits per heavy atom. The van der Waals surface area contributed by atoms with Crippen LogP contribution in [0.4, 0.5) is 4.39 Å². The molecule has 6 rings (SSSR count). The maximum atomic E-state index is 14.5. The van der Waals surface area contributed by atoms with Crippen molar-refractivity contribution in [3.8, 4) is 11.1 Å². The summed E-state index contributed by atoms with van der Waals surface area (Å²) in [6, 6.07) is 16.2. The van der Waals surface area contributed by atoms with Crippen molar-refractivity contribution in [2.45, 2.75) is 103 Å². The van der Waals surface area contributed by atoms with Crippen molar-refractivity contribution >= 4 is 11.6 Å². The molecule has 0 spiro atoms. The number of alkyl halides is 1. The topological polar surface area (TPSA) is 125 Å². The molecule has 4 aromatic rings. The molecule has 0 amide bonds. The molecule has 2 atom stereocenters. The number of benzene rings is 2. The minimum absolute atomic E-state index is 0.0346. The fourth-order valence-electron chi connectivity index (χ4n) is 6.66. The number of nitrogens with zero attached hydrogens (tertiary/aromatic N) is 5. The lowest BCUT2D eigenvalue weighted by atomic mass is 9.92. The molecule has 2 unspecified atom stereocenters. The van der Waals surface area contributed by atoms with Gasteiger partial charge in [-0.3, -0.25) is 9.36 Å². The van der Waals surface area contributed by atoms with E-state index >= 15 is 0 Å². The second kappa shape index (κ2) is 15.3. The highest BCUT2D eigenvalue weighted by Gasteiger charge is 2.30. The molecule has 2 aromatic carbocycles. The van der Waals surface area contributed by atoms with Gasteiger partial charge in [-0.2, -0.15) is 10.1 Å². The monoisotopic (exact) mass is 674 g/mol. The van der Waals surface area contributed by atoms with Crippen molar-refractivity contribution in [3.63, 3.8) is 0 Å². The Hall–Kier alpha value is -3.97. The molecule has 1 saturated carbocycles. The lowest BCUT2D eigenvalue weighted by molar-refractivity contribution is -0.144.